The highest BCUT2D eigenvalue weighted by Gasteiger charge is 2.35. The van der Waals surface area contributed by atoms with Gasteiger partial charge in [-0.15, -0.1) is 0 Å². The van der Waals surface area contributed by atoms with E-state index in [1.807, 2.05) is 24.3 Å². The minimum atomic E-state index is -0.0534. The maximum Gasteiger partial charge on any atom is 0.160 e. The van der Waals surface area contributed by atoms with Gasteiger partial charge in [0.2, 0.25) is 0 Å². The molecule has 0 radical (unpaired) electrons. The first-order valence-corrected chi connectivity index (χ1v) is 16.9. The summed E-state index contributed by atoms with van der Waals surface area (Å²) < 4.78 is 0. The van der Waals surface area contributed by atoms with E-state index in [-0.39, 0.29) is 5.41 Å². The summed E-state index contributed by atoms with van der Waals surface area (Å²) in [6, 6.07) is 60.6. The van der Waals surface area contributed by atoms with Gasteiger partial charge in [0.1, 0.15) is 0 Å². The van der Waals surface area contributed by atoms with Crippen molar-refractivity contribution < 1.29 is 0 Å². The average molecular weight is 627 g/mol. The number of nitrogens with zero attached hydrogens (tertiary/aromatic N) is 2. The smallest absolute Gasteiger partial charge is 0.160 e. The fourth-order valence-corrected chi connectivity index (χ4v) is 7.56. The Morgan fingerprint density at radius 1 is 0.347 bits per heavy atom. The zero-order valence-electron chi connectivity index (χ0n) is 27.6. The third-order valence-electron chi connectivity index (χ3n) is 10.1. The zero-order chi connectivity index (χ0) is 33.0. The Morgan fingerprint density at radius 2 is 0.857 bits per heavy atom. The normalized spacial score (nSPS) is 12.9. The summed E-state index contributed by atoms with van der Waals surface area (Å²) in [5, 5.41) is 2.38. The standard InChI is InChI=1S/C47H34N2/c1-47(2)42-20-12-11-19-39(42)40-26-25-35(29-43(40)47)36-27-28-41(38-18-10-9-17-37(36)38)45-30-44(48-46(49-45)34-15-7-4-8-16-34)33-23-21-32(22-24-33)31-13-5-3-6-14-31/h3-30H,1-2H3. The molecule has 0 bridgehead atoms. The van der Waals surface area contributed by atoms with E-state index in [1.54, 1.807) is 0 Å². The van der Waals surface area contributed by atoms with Crippen LogP contribution in [0.3, 0.4) is 0 Å². The molecule has 8 aromatic rings. The minimum Gasteiger partial charge on any atom is -0.228 e. The van der Waals surface area contributed by atoms with E-state index in [9.17, 15) is 0 Å². The quantitative estimate of drug-likeness (QED) is 0.190. The number of hydrogen-bond donors (Lipinski definition) is 0. The van der Waals surface area contributed by atoms with Crippen LogP contribution in [0.5, 0.6) is 0 Å². The van der Waals surface area contributed by atoms with Crippen LogP contribution in [0.1, 0.15) is 25.0 Å². The highest BCUT2D eigenvalue weighted by Crippen LogP contribution is 2.50. The van der Waals surface area contributed by atoms with Gasteiger partial charge in [-0.3, -0.25) is 0 Å². The largest absolute Gasteiger partial charge is 0.228 e. The van der Waals surface area contributed by atoms with Gasteiger partial charge in [0, 0.05) is 22.1 Å². The molecular formula is C47H34N2. The second-order valence-electron chi connectivity index (χ2n) is 13.4. The van der Waals surface area contributed by atoms with Gasteiger partial charge in [-0.2, -0.15) is 0 Å². The third-order valence-corrected chi connectivity index (χ3v) is 10.1. The van der Waals surface area contributed by atoms with Gasteiger partial charge in [-0.05, 0) is 67.4 Å². The fourth-order valence-electron chi connectivity index (χ4n) is 7.56. The summed E-state index contributed by atoms with van der Waals surface area (Å²) in [5.41, 5.74) is 15.2. The summed E-state index contributed by atoms with van der Waals surface area (Å²) in [6.07, 6.45) is 0. The van der Waals surface area contributed by atoms with E-state index in [1.165, 1.54) is 55.3 Å². The van der Waals surface area contributed by atoms with Gasteiger partial charge < -0.3 is 0 Å². The number of aromatic nitrogens is 2. The molecule has 1 aromatic heterocycles. The number of benzene rings is 7. The molecule has 2 heteroatoms. The van der Waals surface area contributed by atoms with Gasteiger partial charge in [0.15, 0.2) is 5.82 Å². The Hall–Kier alpha value is -6.12. The van der Waals surface area contributed by atoms with Crippen LogP contribution >= 0.6 is 0 Å². The lowest BCUT2D eigenvalue weighted by molar-refractivity contribution is 0.660. The van der Waals surface area contributed by atoms with Crippen LogP contribution in [-0.2, 0) is 5.41 Å². The van der Waals surface area contributed by atoms with E-state index >= 15 is 0 Å². The first-order valence-electron chi connectivity index (χ1n) is 16.9. The van der Waals surface area contributed by atoms with Crippen molar-refractivity contribution in [1.82, 2.24) is 9.97 Å². The van der Waals surface area contributed by atoms with Gasteiger partial charge in [0.25, 0.3) is 0 Å². The molecule has 0 amide bonds. The predicted octanol–water partition coefficient (Wildman–Crippen LogP) is 12.3. The summed E-state index contributed by atoms with van der Waals surface area (Å²) in [6.45, 7) is 4.68. The Kier molecular flexibility index (Phi) is 6.84. The molecule has 0 atom stereocenters. The van der Waals surface area contributed by atoms with E-state index in [4.69, 9.17) is 9.97 Å². The highest BCUT2D eigenvalue weighted by molar-refractivity contribution is 6.05. The zero-order valence-corrected chi connectivity index (χ0v) is 27.6. The van der Waals surface area contributed by atoms with E-state index in [2.05, 4.69) is 159 Å². The van der Waals surface area contributed by atoms with Crippen LogP contribution in [0, 0.1) is 0 Å². The van der Waals surface area contributed by atoms with Crippen LogP contribution in [0.15, 0.2) is 170 Å². The molecule has 1 heterocycles. The summed E-state index contributed by atoms with van der Waals surface area (Å²) in [4.78, 5) is 10.3. The molecule has 0 aliphatic heterocycles. The van der Waals surface area contributed by atoms with Crippen molar-refractivity contribution in [3.05, 3.63) is 181 Å². The SMILES string of the molecule is CC1(C)c2ccccc2-c2ccc(-c3ccc(-c4cc(-c5ccc(-c6ccccc6)cc5)nc(-c5ccccc5)n4)c4ccccc34)cc21. The molecule has 232 valence electrons. The van der Waals surface area contributed by atoms with Crippen molar-refractivity contribution in [2.45, 2.75) is 19.3 Å². The Morgan fingerprint density at radius 3 is 1.61 bits per heavy atom. The van der Waals surface area contributed by atoms with Crippen LogP contribution in [0.25, 0.3) is 78.1 Å². The van der Waals surface area contributed by atoms with Gasteiger partial charge in [-0.1, -0.05) is 172 Å². The Labute approximate surface area is 287 Å². The number of fused-ring (bicyclic) bond motifs is 4. The topological polar surface area (TPSA) is 25.8 Å². The molecule has 0 N–H and O–H groups in total. The molecule has 7 aromatic carbocycles. The average Bonchev–Trinajstić information content (AvgIpc) is 3.40. The first-order chi connectivity index (χ1) is 24.0. The predicted molar refractivity (Wildman–Crippen MR) is 204 cm³/mol. The minimum absolute atomic E-state index is 0.0534. The first kappa shape index (κ1) is 29.1. The van der Waals surface area contributed by atoms with Crippen LogP contribution in [0.4, 0.5) is 0 Å². The summed E-state index contributed by atoms with van der Waals surface area (Å²) in [7, 11) is 0. The fraction of sp³-hybridized carbons (Fsp3) is 0.0638. The lowest BCUT2D eigenvalue weighted by Crippen LogP contribution is -2.14. The van der Waals surface area contributed by atoms with Crippen LogP contribution in [0.2, 0.25) is 0 Å². The lowest BCUT2D eigenvalue weighted by Gasteiger charge is -2.22. The van der Waals surface area contributed by atoms with Crippen molar-refractivity contribution >= 4 is 10.8 Å². The molecule has 0 spiro atoms. The second kappa shape index (κ2) is 11.5. The molecule has 0 fully saturated rings. The molecule has 49 heavy (non-hydrogen) atoms. The Bertz CT molecular complexity index is 2490. The van der Waals surface area contributed by atoms with Crippen molar-refractivity contribution in [1.29, 1.82) is 0 Å². The molecule has 0 unspecified atom stereocenters. The van der Waals surface area contributed by atoms with Crippen molar-refractivity contribution in [2.24, 2.45) is 0 Å². The molecule has 0 saturated carbocycles. The van der Waals surface area contributed by atoms with E-state index in [0.717, 1.165) is 28.1 Å². The summed E-state index contributed by atoms with van der Waals surface area (Å²) in [5.74, 6) is 0.716. The van der Waals surface area contributed by atoms with Crippen molar-refractivity contribution in [3.8, 4) is 67.3 Å². The van der Waals surface area contributed by atoms with Gasteiger partial charge >= 0.3 is 0 Å². The summed E-state index contributed by atoms with van der Waals surface area (Å²) >= 11 is 0. The van der Waals surface area contributed by atoms with Gasteiger partial charge in [-0.25, -0.2) is 9.97 Å². The molecule has 1 aliphatic carbocycles. The maximum atomic E-state index is 5.20. The molecule has 1 aliphatic rings. The highest BCUT2D eigenvalue weighted by atomic mass is 14.9. The van der Waals surface area contributed by atoms with Crippen molar-refractivity contribution in [3.63, 3.8) is 0 Å². The molecule has 9 rings (SSSR count). The lowest BCUT2D eigenvalue weighted by atomic mass is 9.81. The monoisotopic (exact) mass is 626 g/mol. The van der Waals surface area contributed by atoms with Crippen LogP contribution in [-0.4, -0.2) is 9.97 Å². The second-order valence-corrected chi connectivity index (χ2v) is 13.4. The van der Waals surface area contributed by atoms with Crippen molar-refractivity contribution in [2.75, 3.05) is 0 Å². The molecular weight excluding hydrogens is 593 g/mol. The maximum absolute atomic E-state index is 5.20. The molecule has 0 saturated heterocycles. The number of hydrogen-bond acceptors (Lipinski definition) is 2. The molecule has 2 nitrogen and oxygen atoms in total. The van der Waals surface area contributed by atoms with E-state index < -0.39 is 0 Å². The van der Waals surface area contributed by atoms with E-state index in [0.29, 0.717) is 5.82 Å². The third kappa shape index (κ3) is 4.96. The van der Waals surface area contributed by atoms with Gasteiger partial charge in [0.05, 0.1) is 11.4 Å². The van der Waals surface area contributed by atoms with Crippen LogP contribution < -0.4 is 0 Å². The number of rotatable bonds is 5. The Balaban J connectivity index is 1.18.